The number of rotatable bonds is 7. The molecular formula is C13H25N5O. The molecule has 0 aliphatic heterocycles. The van der Waals surface area contributed by atoms with Gasteiger partial charge in [0.2, 0.25) is 5.82 Å². The zero-order valence-electron chi connectivity index (χ0n) is 12.5. The topological polar surface area (TPSA) is 73.9 Å². The molecule has 1 aromatic rings. The summed E-state index contributed by atoms with van der Waals surface area (Å²) in [4.78, 5) is 18.1. The van der Waals surface area contributed by atoms with E-state index >= 15 is 0 Å². The third kappa shape index (κ3) is 4.31. The first-order chi connectivity index (χ1) is 8.99. The van der Waals surface area contributed by atoms with Gasteiger partial charge in [-0.3, -0.25) is 9.89 Å². The maximum atomic E-state index is 11.9. The van der Waals surface area contributed by atoms with Crippen LogP contribution in [-0.2, 0) is 0 Å². The molecule has 0 radical (unpaired) electrons. The van der Waals surface area contributed by atoms with E-state index in [1.54, 1.807) is 6.92 Å². The van der Waals surface area contributed by atoms with Gasteiger partial charge in [0.1, 0.15) is 5.82 Å². The smallest absolute Gasteiger partial charge is 0.291 e. The van der Waals surface area contributed by atoms with Crippen molar-refractivity contribution in [1.29, 1.82) is 0 Å². The summed E-state index contributed by atoms with van der Waals surface area (Å²) in [5.74, 6) is 1.21. The Labute approximate surface area is 115 Å². The van der Waals surface area contributed by atoms with E-state index in [4.69, 9.17) is 0 Å². The first kappa shape index (κ1) is 15.6. The Bertz CT molecular complexity index is 397. The molecule has 0 bridgehead atoms. The highest BCUT2D eigenvalue weighted by molar-refractivity contribution is 5.90. The van der Waals surface area contributed by atoms with Crippen LogP contribution in [0.3, 0.4) is 0 Å². The van der Waals surface area contributed by atoms with Crippen LogP contribution in [0.4, 0.5) is 0 Å². The van der Waals surface area contributed by atoms with Crippen molar-refractivity contribution in [2.75, 3.05) is 20.6 Å². The highest BCUT2D eigenvalue weighted by atomic mass is 16.2. The van der Waals surface area contributed by atoms with Crippen LogP contribution in [0.15, 0.2) is 0 Å². The molecule has 19 heavy (non-hydrogen) atoms. The van der Waals surface area contributed by atoms with E-state index in [0.29, 0.717) is 24.3 Å². The van der Waals surface area contributed by atoms with E-state index in [1.807, 2.05) is 14.1 Å². The summed E-state index contributed by atoms with van der Waals surface area (Å²) in [5, 5.41) is 9.45. The van der Waals surface area contributed by atoms with Crippen LogP contribution in [0.25, 0.3) is 0 Å². The lowest BCUT2D eigenvalue weighted by molar-refractivity contribution is 0.0919. The Morgan fingerprint density at radius 3 is 2.42 bits per heavy atom. The number of aryl methyl sites for hydroxylation is 1. The SMILES string of the molecule is CCC(CC)C(CNC(=O)c1n[nH]c(C)n1)N(C)C. The summed E-state index contributed by atoms with van der Waals surface area (Å²) < 4.78 is 0. The first-order valence-electron chi connectivity index (χ1n) is 6.83. The lowest BCUT2D eigenvalue weighted by Gasteiger charge is -2.31. The Balaban J connectivity index is 2.59. The van der Waals surface area contributed by atoms with Gasteiger partial charge in [0, 0.05) is 12.6 Å². The number of nitrogens with one attached hydrogen (secondary N) is 2. The number of hydrogen-bond acceptors (Lipinski definition) is 4. The van der Waals surface area contributed by atoms with Gasteiger partial charge in [-0.1, -0.05) is 26.7 Å². The Hall–Kier alpha value is -1.43. The normalized spacial score (nSPS) is 13.0. The number of nitrogens with zero attached hydrogens (tertiary/aromatic N) is 3. The van der Waals surface area contributed by atoms with Crippen LogP contribution >= 0.6 is 0 Å². The molecule has 1 aromatic heterocycles. The van der Waals surface area contributed by atoms with Gasteiger partial charge < -0.3 is 10.2 Å². The molecule has 6 heteroatoms. The molecule has 1 unspecified atom stereocenters. The average Bonchev–Trinajstić information content (AvgIpc) is 2.80. The number of aromatic nitrogens is 3. The zero-order chi connectivity index (χ0) is 14.4. The van der Waals surface area contributed by atoms with Gasteiger partial charge in [-0.25, -0.2) is 4.98 Å². The van der Waals surface area contributed by atoms with Crippen molar-refractivity contribution in [3.63, 3.8) is 0 Å². The summed E-state index contributed by atoms with van der Waals surface area (Å²) in [6, 6.07) is 0.332. The third-order valence-electron chi connectivity index (χ3n) is 3.53. The third-order valence-corrected chi connectivity index (χ3v) is 3.53. The summed E-state index contributed by atoms with van der Waals surface area (Å²) in [5.41, 5.74) is 0. The molecule has 1 atom stereocenters. The maximum Gasteiger partial charge on any atom is 0.291 e. The van der Waals surface area contributed by atoms with Gasteiger partial charge in [0.25, 0.3) is 5.91 Å². The number of hydrogen-bond donors (Lipinski definition) is 2. The molecule has 0 aliphatic carbocycles. The van der Waals surface area contributed by atoms with Crippen molar-refractivity contribution in [3.05, 3.63) is 11.6 Å². The highest BCUT2D eigenvalue weighted by Gasteiger charge is 2.22. The summed E-state index contributed by atoms with van der Waals surface area (Å²) in [7, 11) is 4.10. The second kappa shape index (κ2) is 7.23. The number of aromatic amines is 1. The van der Waals surface area contributed by atoms with Crippen LogP contribution in [0.1, 0.15) is 43.1 Å². The van der Waals surface area contributed by atoms with Gasteiger partial charge >= 0.3 is 0 Å². The fourth-order valence-electron chi connectivity index (χ4n) is 2.32. The minimum Gasteiger partial charge on any atom is -0.348 e. The van der Waals surface area contributed by atoms with Crippen molar-refractivity contribution >= 4 is 5.91 Å². The van der Waals surface area contributed by atoms with Crippen LogP contribution in [0.2, 0.25) is 0 Å². The Morgan fingerprint density at radius 1 is 1.37 bits per heavy atom. The van der Waals surface area contributed by atoms with Gasteiger partial charge in [-0.05, 0) is 26.9 Å². The van der Waals surface area contributed by atoms with E-state index in [1.165, 1.54) is 0 Å². The average molecular weight is 267 g/mol. The van der Waals surface area contributed by atoms with E-state index in [-0.39, 0.29) is 11.7 Å². The number of amides is 1. The molecule has 0 fully saturated rings. The van der Waals surface area contributed by atoms with Gasteiger partial charge in [-0.2, -0.15) is 0 Å². The first-order valence-corrected chi connectivity index (χ1v) is 6.83. The van der Waals surface area contributed by atoms with Crippen LogP contribution in [0, 0.1) is 12.8 Å². The van der Waals surface area contributed by atoms with Crippen LogP contribution in [-0.4, -0.2) is 52.7 Å². The Morgan fingerprint density at radius 2 is 2.00 bits per heavy atom. The highest BCUT2D eigenvalue weighted by Crippen LogP contribution is 2.16. The second-order valence-electron chi connectivity index (χ2n) is 5.06. The van der Waals surface area contributed by atoms with Gasteiger partial charge in [0.05, 0.1) is 0 Å². The predicted octanol–water partition coefficient (Wildman–Crippen LogP) is 1.21. The molecule has 1 heterocycles. The molecule has 1 amide bonds. The molecule has 0 saturated heterocycles. The standard InChI is InChI=1S/C13H25N5O/c1-6-10(7-2)11(18(4)5)8-14-13(19)12-15-9(3)16-17-12/h10-11H,6-8H2,1-5H3,(H,14,19)(H,15,16,17). The minimum absolute atomic E-state index is 0.208. The predicted molar refractivity (Wildman–Crippen MR) is 75.0 cm³/mol. The lowest BCUT2D eigenvalue weighted by atomic mass is 9.93. The largest absolute Gasteiger partial charge is 0.348 e. The molecule has 2 N–H and O–H groups in total. The van der Waals surface area contributed by atoms with Crippen molar-refractivity contribution in [2.24, 2.45) is 5.92 Å². The molecule has 108 valence electrons. The fraction of sp³-hybridized carbons (Fsp3) is 0.769. The zero-order valence-corrected chi connectivity index (χ0v) is 12.5. The summed E-state index contributed by atoms with van der Waals surface area (Å²) in [6.45, 7) is 6.76. The van der Waals surface area contributed by atoms with E-state index in [9.17, 15) is 4.79 Å². The van der Waals surface area contributed by atoms with Crippen molar-refractivity contribution in [3.8, 4) is 0 Å². The van der Waals surface area contributed by atoms with Gasteiger partial charge in [0.15, 0.2) is 0 Å². The van der Waals surface area contributed by atoms with E-state index < -0.39 is 0 Å². The van der Waals surface area contributed by atoms with Crippen LogP contribution in [0.5, 0.6) is 0 Å². The molecular weight excluding hydrogens is 242 g/mol. The van der Waals surface area contributed by atoms with E-state index in [2.05, 4.69) is 39.2 Å². The van der Waals surface area contributed by atoms with Gasteiger partial charge in [-0.15, -0.1) is 5.10 Å². The molecule has 6 nitrogen and oxygen atoms in total. The molecule has 0 aliphatic rings. The fourth-order valence-corrected chi connectivity index (χ4v) is 2.32. The Kier molecular flexibility index (Phi) is 5.95. The second-order valence-corrected chi connectivity index (χ2v) is 5.06. The van der Waals surface area contributed by atoms with Crippen molar-refractivity contribution < 1.29 is 4.79 Å². The molecule has 0 spiro atoms. The van der Waals surface area contributed by atoms with Crippen molar-refractivity contribution in [2.45, 2.75) is 39.7 Å². The maximum absolute atomic E-state index is 11.9. The number of carbonyl (C=O) groups excluding carboxylic acids is 1. The number of likely N-dealkylation sites (N-methyl/N-ethyl adjacent to an activating group) is 1. The minimum atomic E-state index is -0.220. The molecule has 1 rings (SSSR count). The van der Waals surface area contributed by atoms with Crippen molar-refractivity contribution in [1.82, 2.24) is 25.4 Å². The monoisotopic (exact) mass is 267 g/mol. The quantitative estimate of drug-likeness (QED) is 0.778. The number of carbonyl (C=O) groups is 1. The molecule has 0 aromatic carbocycles. The van der Waals surface area contributed by atoms with Crippen LogP contribution < -0.4 is 5.32 Å². The number of H-pyrrole nitrogens is 1. The summed E-state index contributed by atoms with van der Waals surface area (Å²) >= 11 is 0. The lowest BCUT2D eigenvalue weighted by Crippen LogP contribution is -2.44. The summed E-state index contributed by atoms with van der Waals surface area (Å²) in [6.07, 6.45) is 2.21. The van der Waals surface area contributed by atoms with E-state index in [0.717, 1.165) is 12.8 Å². The molecule has 0 saturated carbocycles.